The lowest BCUT2D eigenvalue weighted by Gasteiger charge is -2.12. The Bertz CT molecular complexity index is 1440. The molecule has 3 aromatic heterocycles. The van der Waals surface area contributed by atoms with Gasteiger partial charge in [0.25, 0.3) is 5.91 Å². The molecule has 0 saturated carbocycles. The Morgan fingerprint density at radius 1 is 1.06 bits per heavy atom. The number of anilines is 2. The Balaban J connectivity index is 1.48. The van der Waals surface area contributed by atoms with Gasteiger partial charge in [0.2, 0.25) is 0 Å². The predicted molar refractivity (Wildman–Crippen MR) is 146 cm³/mol. The van der Waals surface area contributed by atoms with E-state index in [0.29, 0.717) is 32.4 Å². The fraction of sp³-hybridized carbons (Fsp3) is 0.296. The molecular formula is C27H27N3O4S2. The summed E-state index contributed by atoms with van der Waals surface area (Å²) in [6, 6.07) is 9.47. The minimum absolute atomic E-state index is 0.307. The van der Waals surface area contributed by atoms with Gasteiger partial charge in [-0.3, -0.25) is 4.79 Å². The normalized spacial score (nSPS) is 13.5. The summed E-state index contributed by atoms with van der Waals surface area (Å²) < 4.78 is 10.3. The first-order valence-corrected chi connectivity index (χ1v) is 13.6. The van der Waals surface area contributed by atoms with Crippen molar-refractivity contribution in [3.8, 4) is 16.9 Å². The second-order valence-electron chi connectivity index (χ2n) is 8.73. The molecule has 36 heavy (non-hydrogen) atoms. The third-order valence-corrected chi connectivity index (χ3v) is 8.52. The van der Waals surface area contributed by atoms with Crippen molar-refractivity contribution in [1.29, 1.82) is 0 Å². The molecule has 9 heteroatoms. The molecule has 186 valence electrons. The number of methoxy groups -OCH3 is 2. The van der Waals surface area contributed by atoms with Crippen molar-refractivity contribution in [2.24, 2.45) is 0 Å². The Morgan fingerprint density at radius 3 is 2.53 bits per heavy atom. The Hall–Kier alpha value is -3.43. The van der Waals surface area contributed by atoms with E-state index in [1.807, 2.05) is 29.6 Å². The number of benzene rings is 1. The number of thiophene rings is 2. The summed E-state index contributed by atoms with van der Waals surface area (Å²) in [6.45, 7) is 0. The van der Waals surface area contributed by atoms with Crippen LogP contribution in [-0.4, -0.2) is 31.1 Å². The average molecular weight is 522 g/mol. The van der Waals surface area contributed by atoms with Crippen LogP contribution in [0.15, 0.2) is 35.7 Å². The van der Waals surface area contributed by atoms with Crippen LogP contribution >= 0.6 is 22.7 Å². The van der Waals surface area contributed by atoms with Crippen LogP contribution in [0.5, 0.6) is 5.75 Å². The van der Waals surface area contributed by atoms with Gasteiger partial charge in [0, 0.05) is 22.0 Å². The Labute approximate surface area is 217 Å². The molecular weight excluding hydrogens is 494 g/mol. The quantitative estimate of drug-likeness (QED) is 0.298. The monoisotopic (exact) mass is 521 g/mol. The van der Waals surface area contributed by atoms with E-state index in [0.717, 1.165) is 47.2 Å². The number of hydrogen-bond donors (Lipinski definition) is 2. The first kappa shape index (κ1) is 24.3. The molecule has 1 aromatic carbocycles. The number of fused-ring (bicyclic) bond motifs is 2. The standard InChI is InChI=1S/C27H27N3O4S2/c1-33-17-11-9-15(10-12-17)19-14-35-26(21(19)27(32)34-2)30-24(31)23-22(28)18-13-16-7-5-3-4-6-8-20(16)29-25(18)36-23/h9-14H,3-8,28H2,1-2H3,(H,30,31). The molecule has 0 radical (unpaired) electrons. The summed E-state index contributed by atoms with van der Waals surface area (Å²) in [5.74, 6) is -0.178. The van der Waals surface area contributed by atoms with Crippen LogP contribution in [-0.2, 0) is 17.6 Å². The van der Waals surface area contributed by atoms with Crippen molar-refractivity contribution < 1.29 is 19.1 Å². The zero-order valence-corrected chi connectivity index (χ0v) is 21.8. The third-order valence-electron chi connectivity index (χ3n) is 6.51. The summed E-state index contributed by atoms with van der Waals surface area (Å²) in [5.41, 5.74) is 11.0. The van der Waals surface area contributed by atoms with E-state index in [1.54, 1.807) is 7.11 Å². The van der Waals surface area contributed by atoms with Gasteiger partial charge in [-0.25, -0.2) is 9.78 Å². The highest BCUT2D eigenvalue weighted by molar-refractivity contribution is 7.21. The predicted octanol–water partition coefficient (Wildman–Crippen LogP) is 6.31. The number of hydrogen-bond acceptors (Lipinski definition) is 8. The highest BCUT2D eigenvalue weighted by Gasteiger charge is 2.25. The van der Waals surface area contributed by atoms with Gasteiger partial charge in [-0.1, -0.05) is 25.0 Å². The molecule has 0 unspecified atom stereocenters. The van der Waals surface area contributed by atoms with Crippen LogP contribution in [0, 0.1) is 0 Å². The highest BCUT2D eigenvalue weighted by Crippen LogP contribution is 2.39. The van der Waals surface area contributed by atoms with Crippen molar-refractivity contribution >= 4 is 55.5 Å². The maximum Gasteiger partial charge on any atom is 0.341 e. The minimum atomic E-state index is -0.525. The van der Waals surface area contributed by atoms with Crippen molar-refractivity contribution in [3.63, 3.8) is 0 Å². The summed E-state index contributed by atoms with van der Waals surface area (Å²) in [5, 5.41) is 5.97. The molecule has 1 amide bonds. The molecule has 1 aliphatic carbocycles. The second kappa shape index (κ2) is 10.3. The molecule has 7 nitrogen and oxygen atoms in total. The number of carbonyl (C=O) groups excluding carboxylic acids is 2. The number of aryl methyl sites for hydroxylation is 2. The van der Waals surface area contributed by atoms with E-state index < -0.39 is 5.97 Å². The summed E-state index contributed by atoms with van der Waals surface area (Å²) in [4.78, 5) is 32.1. The number of aromatic nitrogens is 1. The van der Waals surface area contributed by atoms with E-state index in [2.05, 4.69) is 11.4 Å². The van der Waals surface area contributed by atoms with Crippen LogP contribution in [0.3, 0.4) is 0 Å². The van der Waals surface area contributed by atoms with Gasteiger partial charge in [-0.15, -0.1) is 22.7 Å². The second-order valence-corrected chi connectivity index (χ2v) is 10.6. The van der Waals surface area contributed by atoms with Gasteiger partial charge in [-0.05, 0) is 55.0 Å². The number of rotatable bonds is 5. The average Bonchev–Trinajstić information content (AvgIpc) is 3.44. The van der Waals surface area contributed by atoms with Gasteiger partial charge in [0.05, 0.1) is 19.9 Å². The van der Waals surface area contributed by atoms with Gasteiger partial charge >= 0.3 is 5.97 Å². The minimum Gasteiger partial charge on any atom is -0.497 e. The molecule has 3 N–H and O–H groups in total. The zero-order valence-electron chi connectivity index (χ0n) is 20.2. The fourth-order valence-corrected chi connectivity index (χ4v) is 6.52. The summed E-state index contributed by atoms with van der Waals surface area (Å²) in [6.07, 6.45) is 6.67. The number of carbonyl (C=O) groups is 2. The Kier molecular flexibility index (Phi) is 6.93. The number of nitrogens with one attached hydrogen (secondary N) is 1. The van der Waals surface area contributed by atoms with Crippen molar-refractivity contribution in [2.75, 3.05) is 25.3 Å². The summed E-state index contributed by atoms with van der Waals surface area (Å²) >= 11 is 2.56. The number of nitrogens with zero attached hydrogens (tertiary/aromatic N) is 1. The number of pyridine rings is 1. The van der Waals surface area contributed by atoms with Crippen LogP contribution in [0.25, 0.3) is 21.3 Å². The maximum absolute atomic E-state index is 13.4. The zero-order chi connectivity index (χ0) is 25.2. The van der Waals surface area contributed by atoms with Crippen molar-refractivity contribution in [2.45, 2.75) is 38.5 Å². The molecule has 5 rings (SSSR count). The molecule has 0 aliphatic heterocycles. The molecule has 4 aromatic rings. The lowest BCUT2D eigenvalue weighted by Crippen LogP contribution is -2.14. The molecule has 3 heterocycles. The number of ether oxygens (including phenoxy) is 2. The van der Waals surface area contributed by atoms with E-state index >= 15 is 0 Å². The Morgan fingerprint density at radius 2 is 1.81 bits per heavy atom. The molecule has 0 atom stereocenters. The van der Waals surface area contributed by atoms with Crippen LogP contribution in [0.1, 0.15) is 57.0 Å². The number of esters is 1. The van der Waals surface area contributed by atoms with E-state index in [4.69, 9.17) is 20.2 Å². The van der Waals surface area contributed by atoms with E-state index in [1.165, 1.54) is 48.2 Å². The van der Waals surface area contributed by atoms with Crippen LogP contribution in [0.4, 0.5) is 10.7 Å². The SMILES string of the molecule is COC(=O)c1c(-c2ccc(OC)cc2)csc1NC(=O)c1sc2nc3c(cc2c1N)CCCCCC3. The first-order chi connectivity index (χ1) is 17.5. The smallest absolute Gasteiger partial charge is 0.341 e. The van der Waals surface area contributed by atoms with E-state index in [-0.39, 0.29) is 5.91 Å². The molecule has 0 fully saturated rings. The number of amides is 1. The lowest BCUT2D eigenvalue weighted by molar-refractivity contribution is 0.0603. The summed E-state index contributed by atoms with van der Waals surface area (Å²) in [7, 11) is 2.92. The molecule has 0 bridgehead atoms. The third kappa shape index (κ3) is 4.56. The van der Waals surface area contributed by atoms with Crippen LogP contribution < -0.4 is 15.8 Å². The van der Waals surface area contributed by atoms with Gasteiger partial charge in [0.15, 0.2) is 0 Å². The molecule has 0 saturated heterocycles. The van der Waals surface area contributed by atoms with Gasteiger partial charge in [-0.2, -0.15) is 0 Å². The number of nitrogen functional groups attached to an aromatic ring is 1. The lowest BCUT2D eigenvalue weighted by atomic mass is 9.96. The molecule has 1 aliphatic rings. The number of nitrogens with two attached hydrogens (primary N) is 1. The van der Waals surface area contributed by atoms with Crippen LogP contribution in [0.2, 0.25) is 0 Å². The first-order valence-electron chi connectivity index (χ1n) is 11.9. The van der Waals surface area contributed by atoms with Gasteiger partial charge < -0.3 is 20.5 Å². The van der Waals surface area contributed by atoms with Crippen molar-refractivity contribution in [1.82, 2.24) is 4.98 Å². The van der Waals surface area contributed by atoms with E-state index in [9.17, 15) is 9.59 Å². The fourth-order valence-electron chi connectivity index (χ4n) is 4.58. The topological polar surface area (TPSA) is 104 Å². The highest BCUT2D eigenvalue weighted by atomic mass is 32.1. The van der Waals surface area contributed by atoms with Gasteiger partial charge in [0.1, 0.15) is 26.0 Å². The maximum atomic E-state index is 13.4. The van der Waals surface area contributed by atoms with Crippen molar-refractivity contribution in [3.05, 3.63) is 57.4 Å². The molecule has 0 spiro atoms. The largest absolute Gasteiger partial charge is 0.497 e.